The van der Waals surface area contributed by atoms with Crippen LogP contribution in [0.2, 0.25) is 5.02 Å². The first-order valence-corrected chi connectivity index (χ1v) is 4.06. The number of hydrogen-bond acceptors (Lipinski definition) is 1. The molecule has 0 aliphatic carbocycles. The Morgan fingerprint density at radius 1 is 1.58 bits per heavy atom. The molecule has 0 saturated heterocycles. The van der Waals surface area contributed by atoms with Crippen molar-refractivity contribution in [2.24, 2.45) is 0 Å². The molecule has 0 spiro atoms. The van der Waals surface area contributed by atoms with Crippen molar-refractivity contribution < 1.29 is 8.78 Å². The van der Waals surface area contributed by atoms with Gasteiger partial charge in [0.25, 0.3) is 12.0 Å². The minimum absolute atomic E-state index is 0.0529. The van der Waals surface area contributed by atoms with Crippen LogP contribution in [0.25, 0.3) is 0 Å². The fourth-order valence-corrected chi connectivity index (χ4v) is 1.29. The van der Waals surface area contributed by atoms with Crippen molar-refractivity contribution in [2.75, 3.05) is 0 Å². The quantitative estimate of drug-likeness (QED) is 0.825. The second-order valence-corrected chi connectivity index (χ2v) is 3.17. The largest absolute Gasteiger partial charge is 0.327 e. The molecule has 0 unspecified atom stereocenters. The molecule has 0 fully saturated rings. The molecular weight excluding hydrogens is 255 g/mol. The summed E-state index contributed by atoms with van der Waals surface area (Å²) in [6, 6.07) is 0. The third-order valence-electron chi connectivity index (χ3n) is 1.24. The number of hydrogen-bond donors (Lipinski definition) is 1. The van der Waals surface area contributed by atoms with E-state index in [0.717, 1.165) is 6.20 Å². The highest BCUT2D eigenvalue weighted by atomic mass is 79.9. The lowest BCUT2D eigenvalue weighted by Crippen LogP contribution is -2.07. The summed E-state index contributed by atoms with van der Waals surface area (Å²) in [5, 5.41) is -0.257. The number of H-pyrrole nitrogens is 1. The van der Waals surface area contributed by atoms with Gasteiger partial charge in [-0.05, 0) is 15.9 Å². The summed E-state index contributed by atoms with van der Waals surface area (Å²) in [6.07, 6.45) is -1.73. The molecule has 0 saturated carbocycles. The minimum atomic E-state index is -2.66. The number of rotatable bonds is 1. The Hall–Kier alpha value is -0.420. The summed E-state index contributed by atoms with van der Waals surface area (Å²) in [5.41, 5.74) is -0.910. The molecule has 0 bridgehead atoms. The van der Waals surface area contributed by atoms with Crippen LogP contribution < -0.4 is 5.56 Å². The monoisotopic (exact) mass is 257 g/mol. The smallest absolute Gasteiger partial charge is 0.267 e. The fraction of sp³-hybridized carbons (Fsp3) is 0.167. The maximum atomic E-state index is 12.1. The minimum Gasteiger partial charge on any atom is -0.327 e. The molecule has 1 N–H and O–H groups in total. The Kier molecular flexibility index (Phi) is 2.85. The van der Waals surface area contributed by atoms with E-state index < -0.39 is 12.0 Å². The van der Waals surface area contributed by atoms with E-state index >= 15 is 0 Å². The maximum absolute atomic E-state index is 12.1. The molecule has 0 amide bonds. The van der Waals surface area contributed by atoms with E-state index in [1.165, 1.54) is 0 Å². The normalized spacial score (nSPS) is 10.8. The lowest BCUT2D eigenvalue weighted by Gasteiger charge is -2.02. The Morgan fingerprint density at radius 2 is 2.17 bits per heavy atom. The summed E-state index contributed by atoms with van der Waals surface area (Å²) in [5.74, 6) is 0. The molecule has 0 atom stereocenters. The Morgan fingerprint density at radius 3 is 2.67 bits per heavy atom. The molecule has 1 aromatic heterocycles. The lowest BCUT2D eigenvalue weighted by atomic mass is 10.3. The van der Waals surface area contributed by atoms with E-state index in [-0.39, 0.29) is 15.1 Å². The van der Waals surface area contributed by atoms with Gasteiger partial charge in [0.2, 0.25) is 0 Å². The molecular formula is C6H3BrClF2NO. The van der Waals surface area contributed by atoms with Crippen LogP contribution in [-0.2, 0) is 0 Å². The van der Waals surface area contributed by atoms with Crippen molar-refractivity contribution in [1.82, 2.24) is 4.98 Å². The summed E-state index contributed by atoms with van der Waals surface area (Å²) in [4.78, 5) is 12.8. The molecule has 1 heterocycles. The Bertz CT molecular complexity index is 352. The van der Waals surface area contributed by atoms with Gasteiger partial charge >= 0.3 is 0 Å². The van der Waals surface area contributed by atoms with Crippen molar-refractivity contribution in [3.63, 3.8) is 0 Å². The molecule has 1 aromatic rings. The van der Waals surface area contributed by atoms with Gasteiger partial charge in [-0.1, -0.05) is 11.6 Å². The molecule has 2 nitrogen and oxygen atoms in total. The van der Waals surface area contributed by atoms with Gasteiger partial charge in [0.1, 0.15) is 5.02 Å². The zero-order chi connectivity index (χ0) is 9.30. The van der Waals surface area contributed by atoms with Gasteiger partial charge in [0.15, 0.2) is 0 Å². The molecule has 66 valence electrons. The van der Waals surface area contributed by atoms with Crippen molar-refractivity contribution in [3.8, 4) is 0 Å². The van der Waals surface area contributed by atoms with E-state index in [1.54, 1.807) is 0 Å². The molecule has 1 rings (SSSR count). The predicted octanol–water partition coefficient (Wildman–Crippen LogP) is 2.73. The van der Waals surface area contributed by atoms with Gasteiger partial charge in [-0.2, -0.15) is 0 Å². The number of halogens is 4. The molecule has 6 heteroatoms. The molecule has 0 aromatic carbocycles. The Balaban J connectivity index is 3.36. The van der Waals surface area contributed by atoms with E-state index in [9.17, 15) is 13.6 Å². The highest BCUT2D eigenvalue weighted by Crippen LogP contribution is 2.29. The van der Waals surface area contributed by atoms with Crippen molar-refractivity contribution in [2.45, 2.75) is 6.43 Å². The average molecular weight is 258 g/mol. The van der Waals surface area contributed by atoms with Gasteiger partial charge in [-0.25, -0.2) is 8.78 Å². The lowest BCUT2D eigenvalue weighted by molar-refractivity contribution is 0.150. The number of nitrogens with one attached hydrogen (secondary N) is 1. The second-order valence-electron chi connectivity index (χ2n) is 2.00. The summed E-state index contributed by atoms with van der Waals surface area (Å²) >= 11 is 8.20. The van der Waals surface area contributed by atoms with Crippen LogP contribution in [0.5, 0.6) is 0 Å². The van der Waals surface area contributed by atoms with Gasteiger partial charge in [-0.15, -0.1) is 0 Å². The highest BCUT2D eigenvalue weighted by Gasteiger charge is 2.15. The zero-order valence-electron chi connectivity index (χ0n) is 5.57. The Labute approximate surface area is 79.7 Å². The van der Waals surface area contributed by atoms with Gasteiger partial charge < -0.3 is 4.98 Å². The van der Waals surface area contributed by atoms with E-state index in [0.29, 0.717) is 0 Å². The van der Waals surface area contributed by atoms with Crippen molar-refractivity contribution in [1.29, 1.82) is 0 Å². The van der Waals surface area contributed by atoms with Gasteiger partial charge in [0, 0.05) is 11.8 Å². The van der Waals surface area contributed by atoms with Crippen LogP contribution in [-0.4, -0.2) is 4.98 Å². The average Bonchev–Trinajstić information content (AvgIpc) is 2.00. The van der Waals surface area contributed by atoms with Crippen molar-refractivity contribution in [3.05, 3.63) is 31.6 Å². The SMILES string of the molecule is O=c1[nH]cc(C(F)F)c(Br)c1Cl. The molecule has 12 heavy (non-hydrogen) atoms. The van der Waals surface area contributed by atoms with Crippen molar-refractivity contribution >= 4 is 27.5 Å². The standard InChI is InChI=1S/C6H3BrClF2NO/c7-3-2(5(9)10)1-11-6(12)4(3)8/h1,5H,(H,11,12). The van der Waals surface area contributed by atoms with Crippen LogP contribution in [0.15, 0.2) is 15.5 Å². The van der Waals surface area contributed by atoms with Gasteiger partial charge in [0.05, 0.1) is 4.47 Å². The molecule has 0 aliphatic rings. The number of pyridine rings is 1. The van der Waals surface area contributed by atoms with Crippen LogP contribution in [0.3, 0.4) is 0 Å². The maximum Gasteiger partial charge on any atom is 0.267 e. The molecule has 0 radical (unpaired) electrons. The summed E-state index contributed by atoms with van der Waals surface area (Å²) in [6.45, 7) is 0. The summed E-state index contributed by atoms with van der Waals surface area (Å²) in [7, 11) is 0. The van der Waals surface area contributed by atoms with Crippen LogP contribution in [0.1, 0.15) is 12.0 Å². The number of aromatic amines is 1. The van der Waals surface area contributed by atoms with Crippen LogP contribution in [0, 0.1) is 0 Å². The van der Waals surface area contributed by atoms with Crippen LogP contribution in [0.4, 0.5) is 8.78 Å². The number of alkyl halides is 2. The topological polar surface area (TPSA) is 32.9 Å². The first-order chi connectivity index (χ1) is 5.54. The van der Waals surface area contributed by atoms with E-state index in [1.807, 2.05) is 0 Å². The van der Waals surface area contributed by atoms with E-state index in [4.69, 9.17) is 11.6 Å². The predicted molar refractivity (Wildman–Crippen MR) is 44.7 cm³/mol. The highest BCUT2D eigenvalue weighted by molar-refractivity contribution is 9.10. The van der Waals surface area contributed by atoms with E-state index in [2.05, 4.69) is 20.9 Å². The number of aromatic nitrogens is 1. The third-order valence-corrected chi connectivity index (χ3v) is 2.68. The molecule has 0 aliphatic heterocycles. The first-order valence-electron chi connectivity index (χ1n) is 2.88. The summed E-state index contributed by atoms with van der Waals surface area (Å²) < 4.78 is 24.2. The zero-order valence-corrected chi connectivity index (χ0v) is 7.92. The third kappa shape index (κ3) is 1.67. The van der Waals surface area contributed by atoms with Crippen LogP contribution >= 0.6 is 27.5 Å². The second kappa shape index (κ2) is 3.53. The first kappa shape index (κ1) is 9.67. The van der Waals surface area contributed by atoms with Gasteiger partial charge in [-0.3, -0.25) is 4.79 Å². The fourth-order valence-electron chi connectivity index (χ4n) is 0.655.